The van der Waals surface area contributed by atoms with E-state index in [9.17, 15) is 4.79 Å². The molecule has 1 heterocycles. The van der Waals surface area contributed by atoms with Gasteiger partial charge in [-0.1, -0.05) is 31.9 Å². The summed E-state index contributed by atoms with van der Waals surface area (Å²) in [5.41, 5.74) is 9.32. The quantitative estimate of drug-likeness (QED) is 0.314. The molecule has 0 aliphatic carbocycles. The van der Waals surface area contributed by atoms with E-state index in [0.717, 1.165) is 8.95 Å². The summed E-state index contributed by atoms with van der Waals surface area (Å²) in [6.07, 6.45) is 0. The Morgan fingerprint density at radius 3 is 2.44 bits per heavy atom. The number of nitrogens with zero attached hydrogens (tertiary/aromatic N) is 1. The van der Waals surface area contributed by atoms with Crippen LogP contribution in [0.2, 0.25) is 0 Å². The van der Waals surface area contributed by atoms with Crippen molar-refractivity contribution in [3.63, 3.8) is 0 Å². The second kappa shape index (κ2) is 8.51. The fourth-order valence-electron chi connectivity index (χ4n) is 2.25. The minimum Gasteiger partial charge on any atom is -0.435 e. The summed E-state index contributed by atoms with van der Waals surface area (Å²) >= 11 is 15.0. The Hall–Kier alpha value is -1.75. The maximum absolute atomic E-state index is 12.8. The number of thiocarbonyl (C=S) groups is 1. The van der Waals surface area contributed by atoms with Crippen LogP contribution in [-0.2, 0) is 0 Å². The number of amides is 1. The summed E-state index contributed by atoms with van der Waals surface area (Å²) < 4.78 is 8.28. The van der Waals surface area contributed by atoms with Gasteiger partial charge < -0.3 is 15.5 Å². The third-order valence-corrected chi connectivity index (χ3v) is 5.05. The van der Waals surface area contributed by atoms with Gasteiger partial charge in [0.05, 0.1) is 4.47 Å². The molecule has 0 radical (unpaired) electrons. The molecule has 1 amide bonds. The van der Waals surface area contributed by atoms with Crippen LogP contribution in [0.15, 0.2) is 65.4 Å². The second-order valence-corrected chi connectivity index (χ2v) is 8.45. The maximum Gasteiger partial charge on any atom is 0.261 e. The molecule has 0 atom stereocenters. The van der Waals surface area contributed by atoms with Crippen LogP contribution in [0.1, 0.15) is 10.4 Å². The molecule has 6 nitrogen and oxygen atoms in total. The number of halogens is 3. The minimum atomic E-state index is -0.387. The van der Waals surface area contributed by atoms with Gasteiger partial charge in [0.2, 0.25) is 5.55 Å². The molecule has 0 saturated carbocycles. The molecule has 0 saturated heterocycles. The van der Waals surface area contributed by atoms with E-state index < -0.39 is 0 Å². The highest BCUT2D eigenvalue weighted by Crippen LogP contribution is 2.28. The molecular weight excluding hydrogens is 564 g/mol. The summed E-state index contributed by atoms with van der Waals surface area (Å²) in [4.78, 5) is 12.8. The van der Waals surface area contributed by atoms with E-state index in [0.29, 0.717) is 21.1 Å². The number of anilines is 1. The number of fused-ring (bicyclic) bond motifs is 1. The van der Waals surface area contributed by atoms with Crippen molar-refractivity contribution in [3.05, 3.63) is 67.0 Å². The molecule has 3 rings (SSSR count). The standard InChI is InChI=1S/C17H11Br3N4O2S/c18-9-1-3-11(4-2-9)22-15(25)12-6-8-5-10(19)7-13(20)14(8)26-16(12)23-24-17(21)27/h1-7H,(H,22,25)(H3,21,24,27)/b23-16-. The SMILES string of the molecule is NC(=S)N/N=c1\oc2c(Br)cc(Br)cc2cc1C(=O)Nc1ccc(Br)cc1. The van der Waals surface area contributed by atoms with Crippen LogP contribution in [0, 0.1) is 0 Å². The Morgan fingerprint density at radius 2 is 1.78 bits per heavy atom. The molecule has 2 aromatic carbocycles. The van der Waals surface area contributed by atoms with Crippen molar-refractivity contribution in [2.45, 2.75) is 0 Å². The zero-order valence-electron chi connectivity index (χ0n) is 13.4. The van der Waals surface area contributed by atoms with Gasteiger partial charge in [-0.2, -0.15) is 0 Å². The molecule has 0 spiro atoms. The van der Waals surface area contributed by atoms with Crippen molar-refractivity contribution in [3.8, 4) is 0 Å². The predicted octanol–water partition coefficient (Wildman–Crippen LogP) is 4.62. The highest BCUT2D eigenvalue weighted by Gasteiger charge is 2.15. The maximum atomic E-state index is 12.8. The highest BCUT2D eigenvalue weighted by atomic mass is 79.9. The average molecular weight is 575 g/mol. The van der Waals surface area contributed by atoms with Crippen molar-refractivity contribution in [2.75, 3.05) is 5.32 Å². The third kappa shape index (κ3) is 4.95. The molecular formula is C17H11Br3N4O2S. The molecule has 27 heavy (non-hydrogen) atoms. The molecule has 0 fully saturated rings. The molecule has 4 N–H and O–H groups in total. The van der Waals surface area contributed by atoms with E-state index in [-0.39, 0.29) is 22.1 Å². The fourth-order valence-corrected chi connectivity index (χ4v) is 3.90. The summed E-state index contributed by atoms with van der Waals surface area (Å²) in [6, 6.07) is 12.6. The van der Waals surface area contributed by atoms with E-state index in [1.807, 2.05) is 24.3 Å². The van der Waals surface area contributed by atoms with E-state index >= 15 is 0 Å². The van der Waals surface area contributed by atoms with Gasteiger partial charge >= 0.3 is 0 Å². The molecule has 1 aromatic heterocycles. The number of carbonyl (C=O) groups is 1. The number of hydrogen-bond acceptors (Lipinski definition) is 4. The summed E-state index contributed by atoms with van der Waals surface area (Å²) in [7, 11) is 0. The summed E-state index contributed by atoms with van der Waals surface area (Å²) in [5.74, 6) is -0.387. The van der Waals surface area contributed by atoms with Crippen molar-refractivity contribution in [1.82, 2.24) is 5.43 Å². The lowest BCUT2D eigenvalue weighted by Gasteiger charge is -2.08. The van der Waals surface area contributed by atoms with E-state index in [4.69, 9.17) is 22.4 Å². The Balaban J connectivity index is 2.11. The van der Waals surface area contributed by atoms with E-state index in [1.54, 1.807) is 18.2 Å². The van der Waals surface area contributed by atoms with Gasteiger partial charge in [-0.3, -0.25) is 10.2 Å². The normalized spacial score (nSPS) is 11.4. The first-order chi connectivity index (χ1) is 12.8. The molecule has 3 aromatic rings. The monoisotopic (exact) mass is 572 g/mol. The van der Waals surface area contributed by atoms with Gasteiger partial charge in [0, 0.05) is 20.0 Å². The Labute approximate surface area is 184 Å². The number of benzene rings is 2. The zero-order valence-corrected chi connectivity index (χ0v) is 19.0. The first kappa shape index (κ1) is 20.0. The number of carbonyl (C=O) groups excluding carboxylic acids is 1. The van der Waals surface area contributed by atoms with Crippen LogP contribution < -0.4 is 22.0 Å². The van der Waals surface area contributed by atoms with Crippen LogP contribution in [0.25, 0.3) is 11.0 Å². The van der Waals surface area contributed by atoms with Crippen LogP contribution in [0.4, 0.5) is 5.69 Å². The third-order valence-electron chi connectivity index (χ3n) is 3.38. The molecule has 0 unspecified atom stereocenters. The Morgan fingerprint density at radius 1 is 1.07 bits per heavy atom. The van der Waals surface area contributed by atoms with Crippen LogP contribution in [-0.4, -0.2) is 11.0 Å². The first-order valence-corrected chi connectivity index (χ1v) is 10.2. The molecule has 0 aliphatic heterocycles. The van der Waals surface area contributed by atoms with Gasteiger partial charge in [0.1, 0.15) is 5.56 Å². The lowest BCUT2D eigenvalue weighted by Crippen LogP contribution is -2.29. The van der Waals surface area contributed by atoms with Crippen LogP contribution >= 0.6 is 60.0 Å². The van der Waals surface area contributed by atoms with Crippen molar-refractivity contribution in [1.29, 1.82) is 0 Å². The Kier molecular flexibility index (Phi) is 6.30. The number of hydrogen-bond donors (Lipinski definition) is 3. The lowest BCUT2D eigenvalue weighted by atomic mass is 10.1. The zero-order chi connectivity index (χ0) is 19.6. The minimum absolute atomic E-state index is 0.0422. The second-order valence-electron chi connectivity index (χ2n) is 5.32. The number of nitrogens with two attached hydrogens (primary N) is 1. The average Bonchev–Trinajstić information content (AvgIpc) is 2.61. The van der Waals surface area contributed by atoms with E-state index in [2.05, 4.69) is 63.6 Å². The molecule has 10 heteroatoms. The summed E-state index contributed by atoms with van der Waals surface area (Å²) in [5, 5.41) is 7.50. The molecule has 138 valence electrons. The lowest BCUT2D eigenvalue weighted by molar-refractivity contribution is 0.102. The van der Waals surface area contributed by atoms with E-state index in [1.165, 1.54) is 0 Å². The molecule has 0 aliphatic rings. The summed E-state index contributed by atoms with van der Waals surface area (Å²) in [6.45, 7) is 0. The van der Waals surface area contributed by atoms with Crippen LogP contribution in [0.3, 0.4) is 0 Å². The van der Waals surface area contributed by atoms with Crippen LogP contribution in [0.5, 0.6) is 0 Å². The Bertz CT molecular complexity index is 1110. The van der Waals surface area contributed by atoms with Crippen molar-refractivity contribution < 1.29 is 9.21 Å². The van der Waals surface area contributed by atoms with Gasteiger partial charge in [0.25, 0.3) is 5.91 Å². The highest BCUT2D eigenvalue weighted by molar-refractivity contribution is 9.11. The predicted molar refractivity (Wildman–Crippen MR) is 119 cm³/mol. The van der Waals surface area contributed by atoms with Gasteiger partial charge in [-0.25, -0.2) is 0 Å². The fraction of sp³-hybridized carbons (Fsp3) is 0. The van der Waals surface area contributed by atoms with Crippen molar-refractivity contribution >= 4 is 87.7 Å². The first-order valence-electron chi connectivity index (χ1n) is 7.42. The van der Waals surface area contributed by atoms with Gasteiger partial charge in [0.15, 0.2) is 10.7 Å². The van der Waals surface area contributed by atoms with Crippen molar-refractivity contribution in [2.24, 2.45) is 10.8 Å². The molecule has 0 bridgehead atoms. The van der Waals surface area contributed by atoms with Gasteiger partial charge in [-0.15, -0.1) is 5.10 Å². The smallest absolute Gasteiger partial charge is 0.261 e. The largest absolute Gasteiger partial charge is 0.435 e. The topological polar surface area (TPSA) is 92.7 Å². The van der Waals surface area contributed by atoms with Gasteiger partial charge in [-0.05, 0) is 70.6 Å². The number of rotatable bonds is 3. The number of nitrogens with one attached hydrogen (secondary N) is 2.